The van der Waals surface area contributed by atoms with Crippen molar-refractivity contribution in [2.45, 2.75) is 26.3 Å². The van der Waals surface area contributed by atoms with Crippen molar-refractivity contribution >= 4 is 0 Å². The molecule has 1 fully saturated rings. The first-order chi connectivity index (χ1) is 9.47. The van der Waals surface area contributed by atoms with Crippen molar-refractivity contribution in [3.8, 4) is 12.3 Å². The van der Waals surface area contributed by atoms with Crippen LogP contribution < -0.4 is 0 Å². The molecule has 0 radical (unpaired) electrons. The molecule has 0 bridgehead atoms. The number of hydrogen-bond donors (Lipinski definition) is 0. The fourth-order valence-electron chi connectivity index (χ4n) is 1.71. The first-order valence-corrected chi connectivity index (χ1v) is 7.48. The minimum atomic E-state index is 0.424. The van der Waals surface area contributed by atoms with Gasteiger partial charge in [0, 0.05) is 19.1 Å². The number of ether oxygens (including phenoxy) is 1. The Labute approximate surface area is 127 Å². The molecule has 0 N–H and O–H groups in total. The summed E-state index contributed by atoms with van der Waals surface area (Å²) in [6, 6.07) is 0.801. The van der Waals surface area contributed by atoms with Gasteiger partial charge in [-0.15, -0.1) is 6.42 Å². The number of terminal acetylenes is 1. The highest BCUT2D eigenvalue weighted by atomic mass is 16.5. The van der Waals surface area contributed by atoms with E-state index in [1.54, 1.807) is 0 Å². The molecule has 1 saturated heterocycles. The van der Waals surface area contributed by atoms with Gasteiger partial charge in [-0.3, -0.25) is 0 Å². The molecule has 0 aliphatic carbocycles. The van der Waals surface area contributed by atoms with Crippen LogP contribution in [0, 0.1) is 12.3 Å². The van der Waals surface area contributed by atoms with Gasteiger partial charge in [0.2, 0.25) is 0 Å². The second-order valence-corrected chi connectivity index (χ2v) is 5.23. The molecule has 1 atom stereocenters. The van der Waals surface area contributed by atoms with E-state index in [1.807, 2.05) is 27.9 Å². The average Bonchev–Trinajstić information content (AvgIpc) is 2.85. The van der Waals surface area contributed by atoms with Crippen molar-refractivity contribution in [3.05, 3.63) is 0 Å². The van der Waals surface area contributed by atoms with E-state index in [-0.39, 0.29) is 0 Å². The summed E-state index contributed by atoms with van der Waals surface area (Å²) in [4.78, 5) is 6.74. The largest absolute Gasteiger partial charge is 0.367 e. The third-order valence-electron chi connectivity index (χ3n) is 2.96. The van der Waals surface area contributed by atoms with Gasteiger partial charge in [-0.1, -0.05) is 19.8 Å². The van der Waals surface area contributed by atoms with E-state index in [9.17, 15) is 0 Å². The number of rotatable bonds is 5. The first kappa shape index (κ1) is 21.7. The smallest absolute Gasteiger partial charge is 0.107 e. The molecule has 4 nitrogen and oxygen atoms in total. The zero-order chi connectivity index (χ0) is 16.0. The van der Waals surface area contributed by atoms with Crippen LogP contribution in [0.3, 0.4) is 0 Å². The Bertz CT molecular complexity index is 236. The molecule has 1 unspecified atom stereocenters. The molecule has 120 valence electrons. The summed E-state index contributed by atoms with van der Waals surface area (Å²) in [6.45, 7) is 8.59. The molecular formula is C16H35N3O. The van der Waals surface area contributed by atoms with Gasteiger partial charge in [0.15, 0.2) is 0 Å². The Kier molecular flexibility index (Phi) is 16.1. The lowest BCUT2D eigenvalue weighted by Crippen LogP contribution is -2.30. The summed E-state index contributed by atoms with van der Waals surface area (Å²) in [6.07, 6.45) is 6.29. The van der Waals surface area contributed by atoms with Crippen LogP contribution in [-0.2, 0) is 4.74 Å². The van der Waals surface area contributed by atoms with Crippen molar-refractivity contribution in [1.82, 2.24) is 14.7 Å². The molecular weight excluding hydrogens is 250 g/mol. The van der Waals surface area contributed by atoms with E-state index in [0.29, 0.717) is 6.61 Å². The van der Waals surface area contributed by atoms with Gasteiger partial charge in [-0.25, -0.2) is 0 Å². The second-order valence-electron chi connectivity index (χ2n) is 5.23. The third-order valence-corrected chi connectivity index (χ3v) is 2.96. The van der Waals surface area contributed by atoms with Crippen LogP contribution in [0.25, 0.3) is 0 Å². The topological polar surface area (TPSA) is 19.0 Å². The molecule has 0 saturated carbocycles. The molecule has 0 aromatic rings. The minimum absolute atomic E-state index is 0.424. The van der Waals surface area contributed by atoms with Crippen molar-refractivity contribution < 1.29 is 4.74 Å². The van der Waals surface area contributed by atoms with Gasteiger partial charge in [0.1, 0.15) is 6.61 Å². The normalized spacial score (nSPS) is 18.1. The van der Waals surface area contributed by atoms with E-state index >= 15 is 0 Å². The van der Waals surface area contributed by atoms with E-state index in [1.165, 1.54) is 19.5 Å². The quantitative estimate of drug-likeness (QED) is 0.562. The Balaban J connectivity index is 0. The summed E-state index contributed by atoms with van der Waals surface area (Å²) >= 11 is 0. The fraction of sp³-hybridized carbons (Fsp3) is 0.875. The lowest BCUT2D eigenvalue weighted by Gasteiger charge is -2.17. The SMILES string of the molecule is C#CCOCCN(C)C.CC.CN1CCC(N(C)C)C1. The molecule has 20 heavy (non-hydrogen) atoms. The van der Waals surface area contributed by atoms with Crippen molar-refractivity contribution in [2.75, 3.05) is 68.1 Å². The maximum Gasteiger partial charge on any atom is 0.107 e. The summed E-state index contributed by atoms with van der Waals surface area (Å²) in [7, 11) is 10.5. The summed E-state index contributed by atoms with van der Waals surface area (Å²) in [5.41, 5.74) is 0. The van der Waals surface area contributed by atoms with Gasteiger partial charge >= 0.3 is 0 Å². The highest BCUT2D eigenvalue weighted by Gasteiger charge is 2.20. The molecule has 1 heterocycles. The van der Waals surface area contributed by atoms with E-state index < -0.39 is 0 Å². The molecule has 1 aliphatic heterocycles. The lowest BCUT2D eigenvalue weighted by molar-refractivity contribution is 0.146. The third kappa shape index (κ3) is 13.8. The van der Waals surface area contributed by atoms with Crippen LogP contribution in [0.1, 0.15) is 20.3 Å². The Morgan fingerprint density at radius 2 is 1.85 bits per heavy atom. The predicted octanol–water partition coefficient (Wildman–Crippen LogP) is 1.48. The second kappa shape index (κ2) is 14.8. The summed E-state index contributed by atoms with van der Waals surface area (Å²) in [5, 5.41) is 0. The van der Waals surface area contributed by atoms with Gasteiger partial charge < -0.3 is 19.4 Å². The number of likely N-dealkylation sites (tertiary alicyclic amines) is 1. The first-order valence-electron chi connectivity index (χ1n) is 7.48. The number of likely N-dealkylation sites (N-methyl/N-ethyl adjacent to an activating group) is 3. The number of hydrogen-bond acceptors (Lipinski definition) is 4. The highest BCUT2D eigenvalue weighted by molar-refractivity contribution is 4.82. The van der Waals surface area contributed by atoms with Gasteiger partial charge in [-0.05, 0) is 48.2 Å². The van der Waals surface area contributed by atoms with Crippen LogP contribution in [0.15, 0.2) is 0 Å². The fourth-order valence-corrected chi connectivity index (χ4v) is 1.71. The monoisotopic (exact) mass is 285 g/mol. The van der Waals surface area contributed by atoms with E-state index in [2.05, 4.69) is 41.8 Å². The Morgan fingerprint density at radius 3 is 2.15 bits per heavy atom. The molecule has 1 aliphatic rings. The van der Waals surface area contributed by atoms with Crippen molar-refractivity contribution in [2.24, 2.45) is 0 Å². The van der Waals surface area contributed by atoms with Crippen molar-refractivity contribution in [1.29, 1.82) is 0 Å². The highest BCUT2D eigenvalue weighted by Crippen LogP contribution is 2.09. The number of nitrogens with zero attached hydrogens (tertiary/aromatic N) is 3. The lowest BCUT2D eigenvalue weighted by atomic mass is 10.2. The van der Waals surface area contributed by atoms with Gasteiger partial charge in [0.05, 0.1) is 6.61 Å². The van der Waals surface area contributed by atoms with Crippen LogP contribution in [0.5, 0.6) is 0 Å². The van der Waals surface area contributed by atoms with Crippen LogP contribution in [0.2, 0.25) is 0 Å². The Hall–Kier alpha value is -0.600. The Morgan fingerprint density at radius 1 is 1.25 bits per heavy atom. The molecule has 0 spiro atoms. The van der Waals surface area contributed by atoms with Gasteiger partial charge in [-0.2, -0.15) is 0 Å². The van der Waals surface area contributed by atoms with Crippen LogP contribution in [-0.4, -0.2) is 88.8 Å². The summed E-state index contributed by atoms with van der Waals surface area (Å²) < 4.78 is 5.02. The maximum absolute atomic E-state index is 5.02. The predicted molar refractivity (Wildman–Crippen MR) is 89.1 cm³/mol. The molecule has 0 aromatic carbocycles. The zero-order valence-electron chi connectivity index (χ0n) is 14.6. The molecule has 0 amide bonds. The van der Waals surface area contributed by atoms with Crippen molar-refractivity contribution in [3.63, 3.8) is 0 Å². The summed E-state index contributed by atoms with van der Waals surface area (Å²) in [5.74, 6) is 2.40. The molecule has 0 aromatic heterocycles. The van der Waals surface area contributed by atoms with Crippen LogP contribution >= 0.6 is 0 Å². The molecule has 1 rings (SSSR count). The standard InChI is InChI=1S/C7H16N2.C7H13NO.C2H6/c1-8(2)7-4-5-9(3)6-7;1-4-6-9-7-5-8(2)3;1-2/h7H,4-6H2,1-3H3;1H,5-7H2,2-3H3;1-2H3. The average molecular weight is 285 g/mol. The van der Waals surface area contributed by atoms with E-state index in [0.717, 1.165) is 19.2 Å². The van der Waals surface area contributed by atoms with Crippen LogP contribution in [0.4, 0.5) is 0 Å². The maximum atomic E-state index is 5.02. The molecule has 4 heteroatoms. The van der Waals surface area contributed by atoms with E-state index in [4.69, 9.17) is 11.2 Å². The minimum Gasteiger partial charge on any atom is -0.367 e. The van der Waals surface area contributed by atoms with Gasteiger partial charge in [0.25, 0.3) is 0 Å². The zero-order valence-corrected chi connectivity index (χ0v) is 14.6.